The van der Waals surface area contributed by atoms with E-state index in [2.05, 4.69) is 53.0 Å². The van der Waals surface area contributed by atoms with Crippen LogP contribution >= 0.6 is 9.47 Å². The quantitative estimate of drug-likeness (QED) is 0.600. The number of rotatable bonds is 3. The van der Waals surface area contributed by atoms with E-state index in [1.807, 2.05) is 6.07 Å². The number of aromatic nitrogens is 1. The number of carbonyl (C=O) groups excluding carboxylic acids is 1. The van der Waals surface area contributed by atoms with Crippen LogP contribution in [0.3, 0.4) is 0 Å². The van der Waals surface area contributed by atoms with Crippen LogP contribution in [-0.4, -0.2) is 11.5 Å². The van der Waals surface area contributed by atoms with Gasteiger partial charge in [0.15, 0.2) is 0 Å². The van der Waals surface area contributed by atoms with Crippen LogP contribution in [0.25, 0.3) is 0 Å². The maximum atomic E-state index is 8.81. The van der Waals surface area contributed by atoms with Crippen LogP contribution in [0.2, 0.25) is 0 Å². The van der Waals surface area contributed by atoms with Crippen molar-refractivity contribution >= 4 is 15.9 Å². The molecule has 1 N–H and O–H groups in total. The second kappa shape index (κ2) is 10.1. The van der Waals surface area contributed by atoms with Crippen molar-refractivity contribution < 1.29 is 30.4 Å². The van der Waals surface area contributed by atoms with Gasteiger partial charge in [-0.2, -0.15) is 12.1 Å². The molecular weight excluding hydrogens is 417 g/mol. The largest absolute Gasteiger partial charge is 2.00 e. The summed E-state index contributed by atoms with van der Waals surface area (Å²) < 4.78 is 3.65. The zero-order valence-electron chi connectivity index (χ0n) is 9.97. The number of aryl methyl sites for hydroxylation is 1. The Kier molecular flexibility index (Phi) is 9.54. The molecule has 0 spiro atoms. The van der Waals surface area contributed by atoms with Crippen molar-refractivity contribution in [2.24, 2.45) is 0 Å². The minimum absolute atomic E-state index is 0. The monoisotopic (exact) mass is 431 g/mol. The molecule has 2 rings (SSSR count). The predicted octanol–water partition coefficient (Wildman–Crippen LogP) is 2.57. The van der Waals surface area contributed by atoms with Gasteiger partial charge in [0, 0.05) is 9.47 Å². The third-order valence-corrected chi connectivity index (χ3v) is 2.39. The molecule has 5 heteroatoms. The minimum atomic E-state index is 0. The van der Waals surface area contributed by atoms with Crippen LogP contribution in [0.15, 0.2) is 36.4 Å². The molecule has 0 aliphatic heterocycles. The molecule has 1 heterocycles. The second-order valence-corrected chi connectivity index (χ2v) is 3.67. The molecule has 3 nitrogen and oxygen atoms in total. The zero-order valence-corrected chi connectivity index (χ0v) is 14.1. The summed E-state index contributed by atoms with van der Waals surface area (Å²) in [6.07, 6.45) is 3.91. The van der Waals surface area contributed by atoms with E-state index < -0.39 is 0 Å². The van der Waals surface area contributed by atoms with E-state index in [0.29, 0.717) is 0 Å². The Balaban J connectivity index is 0.000000512. The molecule has 0 amide bonds. The summed E-state index contributed by atoms with van der Waals surface area (Å²) >= 11 is 0. The van der Waals surface area contributed by atoms with Gasteiger partial charge in [0.2, 0.25) is 0 Å². The molecule has 0 aliphatic carbocycles. The molecule has 0 bridgehead atoms. The standard InChI is InChI=1S/C12H12N.CH2O2P.W/c1-10-5-2-3-6-11(10)9-12-7-4-8-13-12;2-1-3-4;/h2-7,13H,9H2,1H3;4H2;/q2*-1;+2. The van der Waals surface area contributed by atoms with Crippen LogP contribution in [0.5, 0.6) is 0 Å². The maximum absolute atomic E-state index is 8.81. The summed E-state index contributed by atoms with van der Waals surface area (Å²) in [5, 5.41) is 0. The topological polar surface area (TPSA) is 42.1 Å². The van der Waals surface area contributed by atoms with E-state index in [1.54, 1.807) is 9.47 Å². The molecule has 0 saturated heterocycles. The third kappa shape index (κ3) is 6.14. The Morgan fingerprint density at radius 1 is 1.39 bits per heavy atom. The molecule has 2 aromatic rings. The van der Waals surface area contributed by atoms with Gasteiger partial charge >= 0.3 is 21.1 Å². The van der Waals surface area contributed by atoms with Gasteiger partial charge in [0.25, 0.3) is 0 Å². The molecule has 1 unspecified atom stereocenters. The summed E-state index contributed by atoms with van der Waals surface area (Å²) in [5.41, 5.74) is 3.93. The molecular formula is C13H14NO2PW. The molecule has 1 atom stereocenters. The van der Waals surface area contributed by atoms with Gasteiger partial charge in [-0.1, -0.05) is 36.3 Å². The van der Waals surface area contributed by atoms with Crippen molar-refractivity contribution in [3.05, 3.63) is 59.4 Å². The first-order chi connectivity index (χ1) is 8.27. The first kappa shape index (κ1) is 17.1. The number of H-pyrrole nitrogens is 1. The third-order valence-electron chi connectivity index (χ3n) is 2.29. The SMILES string of the molecule is Cc1ccccc1Cc1cc[c-][nH]1.O=[C-]OP.[W+2]. The van der Waals surface area contributed by atoms with E-state index in [9.17, 15) is 0 Å². The van der Waals surface area contributed by atoms with Crippen molar-refractivity contribution in [3.63, 3.8) is 0 Å². The Hall–Kier alpha value is -0.912. The van der Waals surface area contributed by atoms with Crippen molar-refractivity contribution in [1.29, 1.82) is 0 Å². The number of benzene rings is 1. The van der Waals surface area contributed by atoms with Crippen molar-refractivity contribution in [1.82, 2.24) is 4.98 Å². The minimum Gasteiger partial charge on any atom is -0.640 e. The fourth-order valence-electron chi connectivity index (χ4n) is 1.44. The number of aromatic amines is 1. The van der Waals surface area contributed by atoms with Gasteiger partial charge in [-0.15, -0.1) is 11.9 Å². The zero-order chi connectivity index (χ0) is 12.5. The van der Waals surface area contributed by atoms with Crippen LogP contribution < -0.4 is 0 Å². The first-order valence-corrected chi connectivity index (χ1v) is 5.56. The van der Waals surface area contributed by atoms with E-state index in [4.69, 9.17) is 4.79 Å². The van der Waals surface area contributed by atoms with Gasteiger partial charge in [0.05, 0.1) is 0 Å². The number of hydrogen-bond donors (Lipinski definition) is 1. The summed E-state index contributed by atoms with van der Waals surface area (Å²) in [4.78, 5) is 11.9. The van der Waals surface area contributed by atoms with E-state index >= 15 is 0 Å². The van der Waals surface area contributed by atoms with Gasteiger partial charge in [-0.3, -0.25) is 0 Å². The molecule has 0 saturated carbocycles. The first-order valence-electron chi connectivity index (χ1n) is 5.09. The second-order valence-electron chi connectivity index (χ2n) is 3.43. The van der Waals surface area contributed by atoms with Crippen LogP contribution in [0.1, 0.15) is 16.8 Å². The Morgan fingerprint density at radius 3 is 2.56 bits per heavy atom. The van der Waals surface area contributed by atoms with Crippen molar-refractivity contribution in [3.8, 4) is 0 Å². The average molecular weight is 431 g/mol. The molecule has 1 aromatic heterocycles. The fourth-order valence-corrected chi connectivity index (χ4v) is 1.44. The molecule has 0 fully saturated rings. The normalized spacial score (nSPS) is 8.56. The van der Waals surface area contributed by atoms with Gasteiger partial charge in [-0.25, -0.2) is 0 Å². The molecule has 0 radical (unpaired) electrons. The van der Waals surface area contributed by atoms with E-state index in [1.165, 1.54) is 16.8 Å². The van der Waals surface area contributed by atoms with Gasteiger partial charge in [0.1, 0.15) is 0 Å². The van der Waals surface area contributed by atoms with Crippen molar-refractivity contribution in [2.45, 2.75) is 13.3 Å². The van der Waals surface area contributed by atoms with Crippen LogP contribution in [0, 0.1) is 13.1 Å². The Bertz CT molecular complexity index is 446. The number of nitrogens with one attached hydrogen (secondary N) is 1. The average Bonchev–Trinajstić information content (AvgIpc) is 2.85. The summed E-state index contributed by atoms with van der Waals surface area (Å²) in [6, 6.07) is 12.4. The number of hydrogen-bond acceptors (Lipinski definition) is 2. The van der Waals surface area contributed by atoms with Gasteiger partial charge in [-0.05, 0) is 18.9 Å². The van der Waals surface area contributed by atoms with Crippen molar-refractivity contribution in [2.75, 3.05) is 0 Å². The van der Waals surface area contributed by atoms with E-state index in [-0.39, 0.29) is 21.1 Å². The van der Waals surface area contributed by atoms with Gasteiger partial charge < -0.3 is 14.3 Å². The summed E-state index contributed by atoms with van der Waals surface area (Å²) in [5.74, 6) is 0. The summed E-state index contributed by atoms with van der Waals surface area (Å²) in [6.45, 7) is 3.28. The smallest absolute Gasteiger partial charge is 0.640 e. The predicted molar refractivity (Wildman–Crippen MR) is 70.1 cm³/mol. The van der Waals surface area contributed by atoms with Crippen LogP contribution in [-0.2, 0) is 36.8 Å². The Labute approximate surface area is 124 Å². The molecule has 0 aliphatic rings. The van der Waals surface area contributed by atoms with E-state index in [0.717, 1.165) is 12.9 Å². The molecule has 18 heavy (non-hydrogen) atoms. The molecule has 1 aromatic carbocycles. The Morgan fingerprint density at radius 2 is 2.06 bits per heavy atom. The fraction of sp³-hybridized carbons (Fsp3) is 0.154. The maximum Gasteiger partial charge on any atom is 2.00 e. The van der Waals surface area contributed by atoms with Crippen LogP contribution in [0.4, 0.5) is 0 Å². The molecule has 94 valence electrons. The summed E-state index contributed by atoms with van der Waals surface area (Å²) in [7, 11) is 1.73.